The predicted molar refractivity (Wildman–Crippen MR) is 60.7 cm³/mol. The number of rotatable bonds is 4. The average molecular weight is 211 g/mol. The molecule has 1 aromatic heterocycles. The highest BCUT2D eigenvalue weighted by molar-refractivity contribution is 7.12. The van der Waals surface area contributed by atoms with Crippen LogP contribution in [-0.2, 0) is 0 Å². The maximum absolute atomic E-state index is 11.6. The summed E-state index contributed by atoms with van der Waals surface area (Å²) in [6.45, 7) is 7.18. The topological polar surface area (TPSA) is 29.1 Å². The van der Waals surface area contributed by atoms with Crippen molar-refractivity contribution in [3.8, 4) is 0 Å². The monoisotopic (exact) mass is 211 g/mol. The van der Waals surface area contributed by atoms with Gasteiger partial charge in [0.2, 0.25) is 0 Å². The second kappa shape index (κ2) is 4.60. The van der Waals surface area contributed by atoms with Crippen LogP contribution in [0.2, 0.25) is 0 Å². The molecule has 78 valence electrons. The summed E-state index contributed by atoms with van der Waals surface area (Å²) in [5.41, 5.74) is 0.187. The van der Waals surface area contributed by atoms with Gasteiger partial charge in [-0.15, -0.1) is 11.3 Å². The zero-order valence-corrected chi connectivity index (χ0v) is 9.78. The summed E-state index contributed by atoms with van der Waals surface area (Å²) >= 11 is 1.48. The second-order valence-electron chi connectivity index (χ2n) is 4.18. The van der Waals surface area contributed by atoms with Crippen molar-refractivity contribution in [2.24, 2.45) is 5.41 Å². The lowest BCUT2D eigenvalue weighted by Crippen LogP contribution is -2.33. The van der Waals surface area contributed by atoms with Crippen LogP contribution in [0, 0.1) is 5.41 Å². The molecule has 3 heteroatoms. The smallest absolute Gasteiger partial charge is 0.261 e. The van der Waals surface area contributed by atoms with E-state index in [0.29, 0.717) is 0 Å². The summed E-state index contributed by atoms with van der Waals surface area (Å²) in [5, 5.41) is 4.86. The van der Waals surface area contributed by atoms with Gasteiger partial charge in [0.1, 0.15) is 0 Å². The molecule has 0 unspecified atom stereocenters. The summed E-state index contributed by atoms with van der Waals surface area (Å²) in [5.74, 6) is 0.0431. The molecule has 2 nitrogen and oxygen atoms in total. The lowest BCUT2D eigenvalue weighted by molar-refractivity contribution is 0.0940. The van der Waals surface area contributed by atoms with E-state index in [1.165, 1.54) is 11.3 Å². The normalized spacial score (nSPS) is 11.4. The molecule has 0 aromatic carbocycles. The summed E-state index contributed by atoms with van der Waals surface area (Å²) in [6, 6.07) is 3.74. The van der Waals surface area contributed by atoms with Crippen LogP contribution in [0.4, 0.5) is 0 Å². The van der Waals surface area contributed by atoms with Crippen molar-refractivity contribution in [2.75, 3.05) is 6.54 Å². The number of thiophene rings is 1. The lowest BCUT2D eigenvalue weighted by Gasteiger charge is -2.22. The van der Waals surface area contributed by atoms with Gasteiger partial charge < -0.3 is 5.32 Å². The minimum atomic E-state index is 0.0431. The molecule has 1 N–H and O–H groups in total. The van der Waals surface area contributed by atoms with Gasteiger partial charge in [-0.2, -0.15) is 0 Å². The van der Waals surface area contributed by atoms with E-state index < -0.39 is 0 Å². The third-order valence-corrected chi connectivity index (χ3v) is 3.30. The zero-order valence-electron chi connectivity index (χ0n) is 8.96. The van der Waals surface area contributed by atoms with Crippen LogP contribution < -0.4 is 5.32 Å². The van der Waals surface area contributed by atoms with E-state index in [-0.39, 0.29) is 11.3 Å². The highest BCUT2D eigenvalue weighted by Gasteiger charge is 2.16. The van der Waals surface area contributed by atoms with E-state index >= 15 is 0 Å². The molecule has 0 saturated heterocycles. The molecule has 0 bridgehead atoms. The highest BCUT2D eigenvalue weighted by atomic mass is 32.1. The Kier molecular flexibility index (Phi) is 3.69. The first kappa shape index (κ1) is 11.2. The predicted octanol–water partition coefficient (Wildman–Crippen LogP) is 2.91. The second-order valence-corrected chi connectivity index (χ2v) is 5.13. The molecule has 1 heterocycles. The van der Waals surface area contributed by atoms with Gasteiger partial charge in [-0.25, -0.2) is 0 Å². The quantitative estimate of drug-likeness (QED) is 0.815. The number of carbonyl (C=O) groups is 1. The maximum atomic E-state index is 11.6. The molecule has 14 heavy (non-hydrogen) atoms. The van der Waals surface area contributed by atoms with Crippen molar-refractivity contribution >= 4 is 17.2 Å². The molecular weight excluding hydrogens is 194 g/mol. The highest BCUT2D eigenvalue weighted by Crippen LogP contribution is 2.18. The minimum absolute atomic E-state index is 0.0431. The molecule has 1 aromatic rings. The van der Waals surface area contributed by atoms with Crippen molar-refractivity contribution in [2.45, 2.75) is 27.2 Å². The number of amides is 1. The van der Waals surface area contributed by atoms with Gasteiger partial charge in [0.15, 0.2) is 0 Å². The SMILES string of the molecule is CCC(C)(C)CNC(=O)c1cccs1. The van der Waals surface area contributed by atoms with Crippen LogP contribution in [0.1, 0.15) is 36.9 Å². The van der Waals surface area contributed by atoms with E-state index in [2.05, 4.69) is 26.1 Å². The van der Waals surface area contributed by atoms with Gasteiger partial charge in [-0.3, -0.25) is 4.79 Å². The van der Waals surface area contributed by atoms with Gasteiger partial charge in [0.05, 0.1) is 4.88 Å². The standard InChI is InChI=1S/C11H17NOS/c1-4-11(2,3)8-12-10(13)9-6-5-7-14-9/h5-7H,4,8H2,1-3H3,(H,12,13). The molecule has 1 rings (SSSR count). The van der Waals surface area contributed by atoms with Gasteiger partial charge >= 0.3 is 0 Å². The van der Waals surface area contributed by atoms with Crippen molar-refractivity contribution in [1.82, 2.24) is 5.32 Å². The summed E-state index contributed by atoms with van der Waals surface area (Å²) in [4.78, 5) is 12.4. The molecular formula is C11H17NOS. The molecule has 0 atom stereocenters. The Balaban J connectivity index is 2.43. The molecule has 0 fully saturated rings. The van der Waals surface area contributed by atoms with Gasteiger partial charge in [-0.05, 0) is 23.3 Å². The van der Waals surface area contributed by atoms with Crippen LogP contribution >= 0.6 is 11.3 Å². The van der Waals surface area contributed by atoms with Crippen LogP contribution in [0.3, 0.4) is 0 Å². The van der Waals surface area contributed by atoms with Crippen LogP contribution in [-0.4, -0.2) is 12.5 Å². The van der Waals surface area contributed by atoms with Crippen molar-refractivity contribution in [3.05, 3.63) is 22.4 Å². The lowest BCUT2D eigenvalue weighted by atomic mass is 9.90. The maximum Gasteiger partial charge on any atom is 0.261 e. The molecule has 0 saturated carbocycles. The summed E-state index contributed by atoms with van der Waals surface area (Å²) in [7, 11) is 0. The zero-order chi connectivity index (χ0) is 10.6. The molecule has 0 spiro atoms. The number of carbonyl (C=O) groups excluding carboxylic acids is 1. The van der Waals surface area contributed by atoms with Crippen molar-refractivity contribution in [1.29, 1.82) is 0 Å². The number of hydrogen-bond acceptors (Lipinski definition) is 2. The first-order valence-corrected chi connectivity index (χ1v) is 5.75. The van der Waals surface area contributed by atoms with Crippen molar-refractivity contribution in [3.63, 3.8) is 0 Å². The fourth-order valence-corrected chi connectivity index (χ4v) is 1.58. The van der Waals surface area contributed by atoms with Gasteiger partial charge in [0.25, 0.3) is 5.91 Å². The molecule has 0 radical (unpaired) electrons. The third-order valence-electron chi connectivity index (χ3n) is 2.43. The Hall–Kier alpha value is -0.830. The third kappa shape index (κ3) is 3.14. The Morgan fingerprint density at radius 1 is 1.57 bits per heavy atom. The summed E-state index contributed by atoms with van der Waals surface area (Å²) in [6.07, 6.45) is 1.07. The minimum Gasteiger partial charge on any atom is -0.351 e. The average Bonchev–Trinajstić information content (AvgIpc) is 2.67. The molecule has 0 aliphatic heterocycles. The fourth-order valence-electron chi connectivity index (χ4n) is 0.939. The van der Waals surface area contributed by atoms with Crippen LogP contribution in [0.5, 0.6) is 0 Å². The molecule has 0 aliphatic rings. The molecule has 1 amide bonds. The van der Waals surface area contributed by atoms with Gasteiger partial charge in [0, 0.05) is 6.54 Å². The van der Waals surface area contributed by atoms with E-state index in [4.69, 9.17) is 0 Å². The van der Waals surface area contributed by atoms with Crippen LogP contribution in [0.25, 0.3) is 0 Å². The Morgan fingerprint density at radius 2 is 2.29 bits per heavy atom. The first-order valence-electron chi connectivity index (χ1n) is 4.87. The largest absolute Gasteiger partial charge is 0.351 e. The molecule has 0 aliphatic carbocycles. The fraction of sp³-hybridized carbons (Fsp3) is 0.545. The van der Waals surface area contributed by atoms with E-state index in [9.17, 15) is 4.79 Å². The Bertz CT molecular complexity index is 290. The van der Waals surface area contributed by atoms with Gasteiger partial charge in [-0.1, -0.05) is 26.8 Å². The number of hydrogen-bond donors (Lipinski definition) is 1. The van der Waals surface area contributed by atoms with E-state index in [1.54, 1.807) is 0 Å². The Labute approximate surface area is 89.3 Å². The Morgan fingerprint density at radius 3 is 2.79 bits per heavy atom. The van der Waals surface area contributed by atoms with E-state index in [1.807, 2.05) is 17.5 Å². The first-order chi connectivity index (χ1) is 6.55. The summed E-state index contributed by atoms with van der Waals surface area (Å²) < 4.78 is 0. The van der Waals surface area contributed by atoms with E-state index in [0.717, 1.165) is 17.8 Å². The van der Waals surface area contributed by atoms with Crippen molar-refractivity contribution < 1.29 is 4.79 Å². The van der Waals surface area contributed by atoms with Crippen LogP contribution in [0.15, 0.2) is 17.5 Å². The number of nitrogens with one attached hydrogen (secondary N) is 1.